The summed E-state index contributed by atoms with van der Waals surface area (Å²) in [7, 11) is 0. The molecule has 5 nitrogen and oxygen atoms in total. The highest BCUT2D eigenvalue weighted by Gasteiger charge is 2.13. The molecule has 1 fully saturated rings. The fourth-order valence-electron chi connectivity index (χ4n) is 3.38. The molecular weight excluding hydrogens is 350 g/mol. The summed E-state index contributed by atoms with van der Waals surface area (Å²) in [5, 5.41) is 3.02. The number of hydrogen-bond donors (Lipinski definition) is 1. The standard InChI is InChI=1S/C23H31N3O2/c1-19(2)26(18-20-6-4-3-5-7-20)13-12-23(27)24-21-8-10-22(11-9-21)25-14-16-28-17-15-25/h3-11,19H,12-18H2,1-2H3,(H,24,27). The van der Waals surface area contributed by atoms with Crippen molar-refractivity contribution >= 4 is 17.3 Å². The minimum absolute atomic E-state index is 0.0536. The van der Waals surface area contributed by atoms with Gasteiger partial charge in [-0.2, -0.15) is 0 Å². The van der Waals surface area contributed by atoms with Crippen LogP contribution in [0.4, 0.5) is 11.4 Å². The van der Waals surface area contributed by atoms with Gasteiger partial charge in [-0.25, -0.2) is 0 Å². The molecule has 150 valence electrons. The lowest BCUT2D eigenvalue weighted by molar-refractivity contribution is -0.116. The van der Waals surface area contributed by atoms with E-state index in [1.54, 1.807) is 0 Å². The van der Waals surface area contributed by atoms with Gasteiger partial charge in [0.2, 0.25) is 5.91 Å². The molecule has 1 saturated heterocycles. The Morgan fingerprint density at radius 3 is 2.39 bits per heavy atom. The van der Waals surface area contributed by atoms with E-state index in [0.29, 0.717) is 12.5 Å². The van der Waals surface area contributed by atoms with E-state index >= 15 is 0 Å². The number of nitrogens with zero attached hydrogens (tertiary/aromatic N) is 2. The van der Waals surface area contributed by atoms with E-state index in [9.17, 15) is 4.79 Å². The normalized spacial score (nSPS) is 14.5. The summed E-state index contributed by atoms with van der Waals surface area (Å²) in [6.45, 7) is 9.32. The average molecular weight is 382 g/mol. The van der Waals surface area contributed by atoms with Gasteiger partial charge in [0.05, 0.1) is 13.2 Å². The molecule has 0 spiro atoms. The molecule has 1 heterocycles. The Bertz CT molecular complexity index is 725. The minimum Gasteiger partial charge on any atom is -0.378 e. The summed E-state index contributed by atoms with van der Waals surface area (Å²) in [6, 6.07) is 18.9. The third-order valence-corrected chi connectivity index (χ3v) is 5.11. The highest BCUT2D eigenvalue weighted by Crippen LogP contribution is 2.19. The first-order chi connectivity index (χ1) is 13.6. The number of rotatable bonds is 8. The number of nitrogens with one attached hydrogen (secondary N) is 1. The van der Waals surface area contributed by atoms with Gasteiger partial charge in [-0.1, -0.05) is 30.3 Å². The smallest absolute Gasteiger partial charge is 0.225 e. The molecule has 28 heavy (non-hydrogen) atoms. The van der Waals surface area contributed by atoms with Gasteiger partial charge in [0, 0.05) is 50.0 Å². The van der Waals surface area contributed by atoms with Crippen molar-refractivity contribution in [3.05, 3.63) is 60.2 Å². The summed E-state index contributed by atoms with van der Waals surface area (Å²) in [4.78, 5) is 17.0. The number of amides is 1. The van der Waals surface area contributed by atoms with E-state index in [0.717, 1.165) is 45.1 Å². The molecule has 0 saturated carbocycles. The number of morpholine rings is 1. The Balaban J connectivity index is 1.48. The van der Waals surface area contributed by atoms with Crippen LogP contribution in [-0.4, -0.2) is 49.7 Å². The third-order valence-electron chi connectivity index (χ3n) is 5.11. The van der Waals surface area contributed by atoms with E-state index in [4.69, 9.17) is 4.74 Å². The van der Waals surface area contributed by atoms with Crippen LogP contribution in [0.5, 0.6) is 0 Å². The Hall–Kier alpha value is -2.37. The van der Waals surface area contributed by atoms with Crippen LogP contribution in [0.3, 0.4) is 0 Å². The van der Waals surface area contributed by atoms with E-state index in [1.165, 1.54) is 11.3 Å². The number of carbonyl (C=O) groups is 1. The van der Waals surface area contributed by atoms with E-state index in [2.05, 4.69) is 65.4 Å². The van der Waals surface area contributed by atoms with Crippen molar-refractivity contribution in [1.29, 1.82) is 0 Å². The van der Waals surface area contributed by atoms with Gasteiger partial charge in [-0.3, -0.25) is 9.69 Å². The summed E-state index contributed by atoms with van der Waals surface area (Å²) >= 11 is 0. The molecule has 3 rings (SSSR count). The van der Waals surface area contributed by atoms with E-state index < -0.39 is 0 Å². The third kappa shape index (κ3) is 6.08. The Morgan fingerprint density at radius 2 is 1.75 bits per heavy atom. The van der Waals surface area contributed by atoms with Crippen LogP contribution in [0.1, 0.15) is 25.8 Å². The quantitative estimate of drug-likeness (QED) is 0.756. The molecule has 0 unspecified atom stereocenters. The zero-order chi connectivity index (χ0) is 19.8. The lowest BCUT2D eigenvalue weighted by atomic mass is 10.2. The van der Waals surface area contributed by atoms with Crippen LogP contribution in [-0.2, 0) is 16.1 Å². The molecular formula is C23H31N3O2. The van der Waals surface area contributed by atoms with Crippen molar-refractivity contribution in [3.63, 3.8) is 0 Å². The van der Waals surface area contributed by atoms with Crippen LogP contribution < -0.4 is 10.2 Å². The van der Waals surface area contributed by atoms with Crippen LogP contribution in [0, 0.1) is 0 Å². The molecule has 0 aliphatic carbocycles. The summed E-state index contributed by atoms with van der Waals surface area (Å²) in [5.41, 5.74) is 3.30. The average Bonchev–Trinajstić information content (AvgIpc) is 2.73. The van der Waals surface area contributed by atoms with Crippen LogP contribution in [0.25, 0.3) is 0 Å². The predicted molar refractivity (Wildman–Crippen MR) is 115 cm³/mol. The Morgan fingerprint density at radius 1 is 1.07 bits per heavy atom. The highest BCUT2D eigenvalue weighted by molar-refractivity contribution is 5.91. The van der Waals surface area contributed by atoms with E-state index in [-0.39, 0.29) is 5.91 Å². The topological polar surface area (TPSA) is 44.8 Å². The number of hydrogen-bond acceptors (Lipinski definition) is 4. The van der Waals surface area contributed by atoms with Gasteiger partial charge in [-0.05, 0) is 43.7 Å². The fraction of sp³-hybridized carbons (Fsp3) is 0.435. The Kier molecular flexibility index (Phi) is 7.46. The predicted octanol–water partition coefficient (Wildman–Crippen LogP) is 3.76. The lowest BCUT2D eigenvalue weighted by Crippen LogP contribution is -2.36. The maximum absolute atomic E-state index is 12.4. The van der Waals surface area contributed by atoms with Crippen molar-refractivity contribution < 1.29 is 9.53 Å². The van der Waals surface area contributed by atoms with Gasteiger partial charge < -0.3 is 15.0 Å². The number of ether oxygens (including phenoxy) is 1. The van der Waals surface area contributed by atoms with Gasteiger partial charge in [-0.15, -0.1) is 0 Å². The second kappa shape index (κ2) is 10.2. The summed E-state index contributed by atoms with van der Waals surface area (Å²) in [5.74, 6) is 0.0536. The van der Waals surface area contributed by atoms with Gasteiger partial charge >= 0.3 is 0 Å². The molecule has 0 atom stereocenters. The van der Waals surface area contributed by atoms with Crippen molar-refractivity contribution in [2.24, 2.45) is 0 Å². The lowest BCUT2D eigenvalue weighted by Gasteiger charge is -2.29. The first kappa shape index (κ1) is 20.4. The second-order valence-electron chi connectivity index (χ2n) is 7.49. The first-order valence-electron chi connectivity index (χ1n) is 10.1. The maximum Gasteiger partial charge on any atom is 0.225 e. The largest absolute Gasteiger partial charge is 0.378 e. The van der Waals surface area contributed by atoms with Crippen molar-refractivity contribution in [1.82, 2.24) is 4.90 Å². The molecule has 1 amide bonds. The van der Waals surface area contributed by atoms with Crippen molar-refractivity contribution in [2.45, 2.75) is 32.9 Å². The van der Waals surface area contributed by atoms with Gasteiger partial charge in [0.25, 0.3) is 0 Å². The zero-order valence-electron chi connectivity index (χ0n) is 16.9. The minimum atomic E-state index is 0.0536. The SMILES string of the molecule is CC(C)N(CCC(=O)Nc1ccc(N2CCOCC2)cc1)Cc1ccccc1. The van der Waals surface area contributed by atoms with Crippen LogP contribution >= 0.6 is 0 Å². The number of benzene rings is 2. The molecule has 0 bridgehead atoms. The molecule has 0 radical (unpaired) electrons. The van der Waals surface area contributed by atoms with Crippen molar-refractivity contribution in [3.8, 4) is 0 Å². The molecule has 2 aromatic carbocycles. The highest BCUT2D eigenvalue weighted by atomic mass is 16.5. The van der Waals surface area contributed by atoms with Crippen LogP contribution in [0.2, 0.25) is 0 Å². The second-order valence-corrected chi connectivity index (χ2v) is 7.49. The number of anilines is 2. The summed E-state index contributed by atoms with van der Waals surface area (Å²) < 4.78 is 5.40. The molecule has 1 aliphatic heterocycles. The molecule has 5 heteroatoms. The maximum atomic E-state index is 12.4. The molecule has 1 aliphatic rings. The first-order valence-corrected chi connectivity index (χ1v) is 10.1. The number of carbonyl (C=O) groups excluding carboxylic acids is 1. The molecule has 2 aromatic rings. The Labute approximate surface area is 168 Å². The van der Waals surface area contributed by atoms with E-state index in [1.807, 2.05) is 18.2 Å². The van der Waals surface area contributed by atoms with Gasteiger partial charge in [0.15, 0.2) is 0 Å². The van der Waals surface area contributed by atoms with Crippen molar-refractivity contribution in [2.75, 3.05) is 43.1 Å². The van der Waals surface area contributed by atoms with Crippen LogP contribution in [0.15, 0.2) is 54.6 Å². The zero-order valence-corrected chi connectivity index (χ0v) is 16.9. The fourth-order valence-corrected chi connectivity index (χ4v) is 3.38. The molecule has 1 N–H and O–H groups in total. The van der Waals surface area contributed by atoms with Gasteiger partial charge in [0.1, 0.15) is 0 Å². The molecule has 0 aromatic heterocycles. The summed E-state index contributed by atoms with van der Waals surface area (Å²) in [6.07, 6.45) is 0.482. The monoisotopic (exact) mass is 381 g/mol.